The summed E-state index contributed by atoms with van der Waals surface area (Å²) in [6.07, 6.45) is 1.22. The van der Waals surface area contributed by atoms with Gasteiger partial charge in [0.25, 0.3) is 5.69 Å². The molecule has 0 aliphatic carbocycles. The molecule has 0 saturated carbocycles. The molecule has 1 aliphatic rings. The zero-order valence-corrected chi connectivity index (χ0v) is 16.3. The molecule has 1 aliphatic heterocycles. The van der Waals surface area contributed by atoms with Crippen molar-refractivity contribution < 1.29 is 33.5 Å². The Balaban J connectivity index is 1.67. The van der Waals surface area contributed by atoms with Crippen LogP contribution in [0.15, 0.2) is 42.5 Å². The summed E-state index contributed by atoms with van der Waals surface area (Å²) in [5.41, 5.74) is 0.266. The summed E-state index contributed by atoms with van der Waals surface area (Å²) in [5, 5.41) is 11.3. The molecule has 1 heterocycles. The fraction of sp³-hybridized carbons (Fsp3) is 0.238. The van der Waals surface area contributed by atoms with Crippen LogP contribution in [0.25, 0.3) is 6.08 Å². The minimum Gasteiger partial charge on any atom is -0.494 e. The van der Waals surface area contributed by atoms with E-state index in [0.717, 1.165) is 6.08 Å². The van der Waals surface area contributed by atoms with Crippen LogP contribution in [-0.4, -0.2) is 36.2 Å². The van der Waals surface area contributed by atoms with Crippen molar-refractivity contribution in [1.29, 1.82) is 0 Å². The van der Waals surface area contributed by atoms with Crippen molar-refractivity contribution in [2.45, 2.75) is 20.0 Å². The summed E-state index contributed by atoms with van der Waals surface area (Å²) in [7, 11) is 0. The van der Waals surface area contributed by atoms with Crippen LogP contribution >= 0.6 is 0 Å². The molecule has 0 spiro atoms. The van der Waals surface area contributed by atoms with Crippen molar-refractivity contribution in [1.82, 2.24) is 0 Å². The Bertz CT molecular complexity index is 997. The normalized spacial score (nSPS) is 13.1. The maximum Gasteiger partial charge on any atom is 0.331 e. The summed E-state index contributed by atoms with van der Waals surface area (Å²) in [6.45, 7) is 3.78. The van der Waals surface area contributed by atoms with Crippen molar-refractivity contribution in [2.24, 2.45) is 0 Å². The SMILES string of the molecule is CCOc1ccc(C(=O)[C@H](C)OC(=O)/C=C/c2cc3c(cc2[N+](=O)[O-])OCO3)cc1. The monoisotopic (exact) mass is 413 g/mol. The van der Waals surface area contributed by atoms with Gasteiger partial charge < -0.3 is 18.9 Å². The quantitative estimate of drug-likeness (QED) is 0.212. The standard InChI is InChI=1S/C21H19NO8/c1-3-27-16-7-4-14(5-8-16)21(24)13(2)30-20(23)9-6-15-10-18-19(29-12-28-18)11-17(15)22(25)26/h4-11,13H,3,12H2,1-2H3/b9-6+/t13-/m0/s1. The number of ether oxygens (including phenoxy) is 4. The van der Waals surface area contributed by atoms with Crippen molar-refractivity contribution in [3.05, 3.63) is 63.7 Å². The lowest BCUT2D eigenvalue weighted by Crippen LogP contribution is -2.23. The number of nitrogens with zero attached hydrogens (tertiary/aromatic N) is 1. The Labute approximate surface area is 172 Å². The number of carbonyl (C=O) groups is 2. The van der Waals surface area contributed by atoms with Crippen LogP contribution in [0.3, 0.4) is 0 Å². The highest BCUT2D eigenvalue weighted by molar-refractivity contribution is 6.01. The third-order valence-electron chi connectivity index (χ3n) is 4.23. The van der Waals surface area contributed by atoms with E-state index in [1.54, 1.807) is 24.3 Å². The number of benzene rings is 2. The van der Waals surface area contributed by atoms with E-state index in [0.29, 0.717) is 23.7 Å². The average molecular weight is 413 g/mol. The second-order valence-electron chi connectivity index (χ2n) is 6.26. The van der Waals surface area contributed by atoms with Gasteiger partial charge in [0.05, 0.1) is 23.2 Å². The Morgan fingerprint density at radius 1 is 1.20 bits per heavy atom. The molecule has 0 unspecified atom stereocenters. The molecule has 0 aromatic heterocycles. The largest absolute Gasteiger partial charge is 0.494 e. The number of hydrogen-bond donors (Lipinski definition) is 0. The molecule has 1 atom stereocenters. The van der Waals surface area contributed by atoms with Crippen LogP contribution in [0.5, 0.6) is 17.2 Å². The van der Waals surface area contributed by atoms with Gasteiger partial charge in [-0.25, -0.2) is 4.79 Å². The van der Waals surface area contributed by atoms with Gasteiger partial charge in [-0.05, 0) is 50.3 Å². The zero-order chi connectivity index (χ0) is 21.7. The molecule has 0 N–H and O–H groups in total. The van der Waals surface area contributed by atoms with Crippen LogP contribution in [0.4, 0.5) is 5.69 Å². The van der Waals surface area contributed by atoms with E-state index in [1.807, 2.05) is 6.92 Å². The summed E-state index contributed by atoms with van der Waals surface area (Å²) < 4.78 is 20.8. The molecule has 2 aromatic rings. The third kappa shape index (κ3) is 4.75. The molecule has 30 heavy (non-hydrogen) atoms. The van der Waals surface area contributed by atoms with Crippen LogP contribution in [0.1, 0.15) is 29.8 Å². The average Bonchev–Trinajstić information content (AvgIpc) is 3.19. The Kier molecular flexibility index (Phi) is 6.31. The number of hydrogen-bond acceptors (Lipinski definition) is 8. The minimum atomic E-state index is -1.04. The van der Waals surface area contributed by atoms with Gasteiger partial charge in [-0.1, -0.05) is 0 Å². The second kappa shape index (κ2) is 9.08. The molecule has 0 fully saturated rings. The van der Waals surface area contributed by atoms with Crippen LogP contribution in [-0.2, 0) is 9.53 Å². The fourth-order valence-electron chi connectivity index (χ4n) is 2.78. The van der Waals surface area contributed by atoms with Crippen molar-refractivity contribution in [2.75, 3.05) is 13.4 Å². The third-order valence-corrected chi connectivity index (χ3v) is 4.23. The molecular weight excluding hydrogens is 394 g/mol. The first-order chi connectivity index (χ1) is 14.4. The predicted octanol–water partition coefficient (Wildman–Crippen LogP) is 3.55. The summed E-state index contributed by atoms with van der Waals surface area (Å²) >= 11 is 0. The maximum absolute atomic E-state index is 12.4. The highest BCUT2D eigenvalue weighted by atomic mass is 16.7. The smallest absolute Gasteiger partial charge is 0.331 e. The molecular formula is C21H19NO8. The number of ketones is 1. The Morgan fingerprint density at radius 3 is 2.50 bits per heavy atom. The van der Waals surface area contributed by atoms with E-state index in [4.69, 9.17) is 18.9 Å². The van der Waals surface area contributed by atoms with Gasteiger partial charge in [0, 0.05) is 11.6 Å². The van der Waals surface area contributed by atoms with Crippen molar-refractivity contribution in [3.63, 3.8) is 0 Å². The lowest BCUT2D eigenvalue weighted by atomic mass is 10.1. The van der Waals surface area contributed by atoms with Crippen molar-refractivity contribution >= 4 is 23.5 Å². The van der Waals surface area contributed by atoms with Crippen LogP contribution < -0.4 is 14.2 Å². The molecule has 9 heteroatoms. The number of carbonyl (C=O) groups excluding carboxylic acids is 2. The van der Waals surface area contributed by atoms with E-state index < -0.39 is 17.0 Å². The van der Waals surface area contributed by atoms with E-state index in [-0.39, 0.29) is 29.6 Å². The molecule has 0 bridgehead atoms. The van der Waals surface area contributed by atoms with Crippen molar-refractivity contribution in [3.8, 4) is 17.2 Å². The molecule has 0 amide bonds. The second-order valence-corrected chi connectivity index (χ2v) is 6.26. The predicted molar refractivity (Wildman–Crippen MR) is 106 cm³/mol. The van der Waals surface area contributed by atoms with Gasteiger partial charge >= 0.3 is 5.97 Å². The highest BCUT2D eigenvalue weighted by Gasteiger charge is 2.23. The number of nitro benzene ring substituents is 1. The summed E-state index contributed by atoms with van der Waals surface area (Å²) in [4.78, 5) is 35.2. The van der Waals surface area contributed by atoms with E-state index >= 15 is 0 Å². The number of esters is 1. The molecule has 9 nitrogen and oxygen atoms in total. The van der Waals surface area contributed by atoms with E-state index in [9.17, 15) is 19.7 Å². The van der Waals surface area contributed by atoms with Crippen LogP contribution in [0, 0.1) is 10.1 Å². The van der Waals surface area contributed by atoms with Gasteiger partial charge in [0.2, 0.25) is 12.6 Å². The lowest BCUT2D eigenvalue weighted by molar-refractivity contribution is -0.385. The number of fused-ring (bicyclic) bond motifs is 1. The molecule has 3 rings (SSSR count). The topological polar surface area (TPSA) is 114 Å². The maximum atomic E-state index is 12.4. The van der Waals surface area contributed by atoms with Gasteiger partial charge in [-0.3, -0.25) is 14.9 Å². The van der Waals surface area contributed by atoms with E-state index in [1.165, 1.54) is 25.1 Å². The first-order valence-corrected chi connectivity index (χ1v) is 9.13. The van der Waals surface area contributed by atoms with Gasteiger partial charge in [0.1, 0.15) is 5.75 Å². The molecule has 2 aromatic carbocycles. The Morgan fingerprint density at radius 2 is 1.87 bits per heavy atom. The molecule has 156 valence electrons. The lowest BCUT2D eigenvalue weighted by Gasteiger charge is -2.11. The first kappa shape index (κ1) is 20.8. The Hall–Kier alpha value is -3.88. The first-order valence-electron chi connectivity index (χ1n) is 9.13. The number of nitro groups is 1. The van der Waals surface area contributed by atoms with Crippen LogP contribution in [0.2, 0.25) is 0 Å². The van der Waals surface area contributed by atoms with E-state index in [2.05, 4.69) is 0 Å². The zero-order valence-electron chi connectivity index (χ0n) is 16.3. The highest BCUT2D eigenvalue weighted by Crippen LogP contribution is 2.38. The summed E-state index contributed by atoms with van der Waals surface area (Å²) in [6, 6.07) is 9.12. The molecule has 0 saturated heterocycles. The minimum absolute atomic E-state index is 0.0348. The van der Waals surface area contributed by atoms with Gasteiger partial charge in [0.15, 0.2) is 17.6 Å². The summed E-state index contributed by atoms with van der Waals surface area (Å²) in [5.74, 6) is 0.0400. The molecule has 0 radical (unpaired) electrons. The van der Waals surface area contributed by atoms with Gasteiger partial charge in [-0.2, -0.15) is 0 Å². The van der Waals surface area contributed by atoms with Gasteiger partial charge in [-0.15, -0.1) is 0 Å². The fourth-order valence-corrected chi connectivity index (χ4v) is 2.78. The number of Topliss-reactive ketones (excluding diaryl/α,β-unsaturated/α-hetero) is 1. The number of rotatable bonds is 8.